The van der Waals surface area contributed by atoms with E-state index in [1.807, 2.05) is 12.1 Å². The molecule has 0 bridgehead atoms. The summed E-state index contributed by atoms with van der Waals surface area (Å²) < 4.78 is 6.42. The van der Waals surface area contributed by atoms with E-state index in [1.165, 1.54) is 18.9 Å². The van der Waals surface area contributed by atoms with Crippen LogP contribution in [0.3, 0.4) is 0 Å². The van der Waals surface area contributed by atoms with Crippen LogP contribution in [0, 0.1) is 0 Å². The first-order valence-corrected chi connectivity index (χ1v) is 8.57. The second kappa shape index (κ2) is 8.26. The number of rotatable bonds is 6. The summed E-state index contributed by atoms with van der Waals surface area (Å²) in [4.78, 5) is 27.8. The summed E-state index contributed by atoms with van der Waals surface area (Å²) in [6.07, 6.45) is 4.93. The second-order valence-electron chi connectivity index (χ2n) is 5.10. The number of benzene rings is 1. The monoisotopic (exact) mass is 369 g/mol. The van der Waals surface area contributed by atoms with Gasteiger partial charge in [-0.2, -0.15) is 0 Å². The SMILES string of the molecule is COC(=O)c1cccc(NC(=O)CSc2nncn2-c2cccnc2)c1. The van der Waals surface area contributed by atoms with Gasteiger partial charge in [-0.3, -0.25) is 14.3 Å². The molecule has 1 amide bonds. The molecule has 0 spiro atoms. The molecule has 0 saturated heterocycles. The minimum absolute atomic E-state index is 0.140. The molecule has 0 aliphatic heterocycles. The van der Waals surface area contributed by atoms with Gasteiger partial charge < -0.3 is 10.1 Å². The lowest BCUT2D eigenvalue weighted by molar-refractivity contribution is -0.113. The third kappa shape index (κ3) is 4.25. The molecule has 0 atom stereocenters. The second-order valence-corrected chi connectivity index (χ2v) is 6.05. The Morgan fingerprint density at radius 3 is 2.92 bits per heavy atom. The number of ether oxygens (including phenoxy) is 1. The van der Waals surface area contributed by atoms with Crippen LogP contribution in [0.1, 0.15) is 10.4 Å². The summed E-state index contributed by atoms with van der Waals surface area (Å²) in [5.74, 6) is -0.542. The summed E-state index contributed by atoms with van der Waals surface area (Å²) in [6.45, 7) is 0. The van der Waals surface area contributed by atoms with Crippen LogP contribution in [0.5, 0.6) is 0 Å². The largest absolute Gasteiger partial charge is 0.465 e. The number of nitrogens with one attached hydrogen (secondary N) is 1. The number of hydrogen-bond donors (Lipinski definition) is 1. The fourth-order valence-electron chi connectivity index (χ4n) is 2.17. The molecule has 0 saturated carbocycles. The summed E-state index contributed by atoms with van der Waals surface area (Å²) >= 11 is 1.25. The molecule has 0 unspecified atom stereocenters. The van der Waals surface area contributed by atoms with Crippen molar-refractivity contribution >= 4 is 29.3 Å². The Balaban J connectivity index is 1.62. The van der Waals surface area contributed by atoms with Crippen molar-refractivity contribution in [2.45, 2.75) is 5.16 Å². The molecule has 3 rings (SSSR count). The van der Waals surface area contributed by atoms with E-state index in [4.69, 9.17) is 0 Å². The Kier molecular flexibility index (Phi) is 5.59. The van der Waals surface area contributed by atoms with E-state index in [-0.39, 0.29) is 11.7 Å². The van der Waals surface area contributed by atoms with Gasteiger partial charge in [-0.25, -0.2) is 4.79 Å². The molecule has 0 aliphatic rings. The Labute approximate surface area is 153 Å². The predicted octanol–water partition coefficient (Wildman–Crippen LogP) is 2.18. The van der Waals surface area contributed by atoms with Gasteiger partial charge in [-0.05, 0) is 30.3 Å². The molecule has 2 heterocycles. The zero-order valence-corrected chi connectivity index (χ0v) is 14.6. The molecule has 0 aliphatic carbocycles. The van der Waals surface area contributed by atoms with Gasteiger partial charge in [0, 0.05) is 11.9 Å². The van der Waals surface area contributed by atoms with Crippen molar-refractivity contribution in [1.82, 2.24) is 19.7 Å². The van der Waals surface area contributed by atoms with Crippen molar-refractivity contribution in [1.29, 1.82) is 0 Å². The van der Waals surface area contributed by atoms with Gasteiger partial charge in [0.2, 0.25) is 5.91 Å². The molecular formula is C17H15N5O3S. The number of carbonyl (C=O) groups is 2. The van der Waals surface area contributed by atoms with Gasteiger partial charge in [-0.15, -0.1) is 10.2 Å². The van der Waals surface area contributed by atoms with E-state index < -0.39 is 5.97 Å². The van der Waals surface area contributed by atoms with Gasteiger partial charge in [0.15, 0.2) is 5.16 Å². The number of aromatic nitrogens is 4. The maximum atomic E-state index is 12.2. The molecule has 2 aromatic heterocycles. The topological polar surface area (TPSA) is 99.0 Å². The highest BCUT2D eigenvalue weighted by Gasteiger charge is 2.11. The Hall–Kier alpha value is -3.20. The smallest absolute Gasteiger partial charge is 0.337 e. The average Bonchev–Trinajstić information content (AvgIpc) is 3.15. The summed E-state index contributed by atoms with van der Waals surface area (Å²) in [5, 5.41) is 11.2. The number of nitrogens with zero attached hydrogens (tertiary/aromatic N) is 4. The van der Waals surface area contributed by atoms with Gasteiger partial charge in [-0.1, -0.05) is 17.8 Å². The molecular weight excluding hydrogens is 354 g/mol. The normalized spacial score (nSPS) is 10.3. The van der Waals surface area contributed by atoms with Crippen LogP contribution in [-0.2, 0) is 9.53 Å². The van der Waals surface area contributed by atoms with E-state index in [1.54, 1.807) is 47.6 Å². The fraction of sp³-hybridized carbons (Fsp3) is 0.118. The zero-order chi connectivity index (χ0) is 18.4. The first-order valence-electron chi connectivity index (χ1n) is 7.59. The molecule has 26 heavy (non-hydrogen) atoms. The fourth-order valence-corrected chi connectivity index (χ4v) is 2.89. The highest BCUT2D eigenvalue weighted by molar-refractivity contribution is 7.99. The van der Waals surface area contributed by atoms with Gasteiger partial charge >= 0.3 is 5.97 Å². The van der Waals surface area contributed by atoms with Crippen LogP contribution in [0.25, 0.3) is 5.69 Å². The van der Waals surface area contributed by atoms with Gasteiger partial charge in [0.05, 0.1) is 30.3 Å². The van der Waals surface area contributed by atoms with Gasteiger partial charge in [0.25, 0.3) is 0 Å². The van der Waals surface area contributed by atoms with E-state index >= 15 is 0 Å². The summed E-state index contributed by atoms with van der Waals surface area (Å²) in [5.41, 5.74) is 1.70. The third-order valence-corrected chi connectivity index (χ3v) is 4.28. The quantitative estimate of drug-likeness (QED) is 0.525. The lowest BCUT2D eigenvalue weighted by Crippen LogP contribution is -2.15. The van der Waals surface area contributed by atoms with Gasteiger partial charge in [0.1, 0.15) is 6.33 Å². The lowest BCUT2D eigenvalue weighted by atomic mass is 10.2. The van der Waals surface area contributed by atoms with E-state index in [2.05, 4.69) is 25.2 Å². The van der Waals surface area contributed by atoms with E-state index in [9.17, 15) is 9.59 Å². The standard InChI is InChI=1S/C17H15N5O3S/c1-25-16(24)12-4-2-5-13(8-12)20-15(23)10-26-17-21-19-11-22(17)14-6-3-7-18-9-14/h2-9,11H,10H2,1H3,(H,20,23). The van der Waals surface area contributed by atoms with Crippen LogP contribution >= 0.6 is 11.8 Å². The first-order chi connectivity index (χ1) is 12.7. The molecule has 1 aromatic carbocycles. The summed E-state index contributed by atoms with van der Waals surface area (Å²) in [6, 6.07) is 10.2. The number of amides is 1. The van der Waals surface area contributed by atoms with Crippen LogP contribution in [0.15, 0.2) is 60.3 Å². The van der Waals surface area contributed by atoms with Crippen molar-refractivity contribution in [2.24, 2.45) is 0 Å². The van der Waals surface area contributed by atoms with Crippen molar-refractivity contribution in [3.63, 3.8) is 0 Å². The molecule has 8 nitrogen and oxygen atoms in total. The molecule has 0 fully saturated rings. The third-order valence-electron chi connectivity index (χ3n) is 3.34. The molecule has 1 N–H and O–H groups in total. The Bertz CT molecular complexity index is 914. The van der Waals surface area contributed by atoms with Crippen molar-refractivity contribution in [3.05, 3.63) is 60.7 Å². The highest BCUT2D eigenvalue weighted by atomic mass is 32.2. The summed E-state index contributed by atoms with van der Waals surface area (Å²) in [7, 11) is 1.31. The van der Waals surface area contributed by atoms with Crippen LogP contribution < -0.4 is 5.32 Å². The molecule has 132 valence electrons. The van der Waals surface area contributed by atoms with Crippen LogP contribution in [0.4, 0.5) is 5.69 Å². The van der Waals surface area contributed by atoms with Crippen LogP contribution in [-0.4, -0.2) is 44.5 Å². The van der Waals surface area contributed by atoms with Crippen molar-refractivity contribution in [2.75, 3.05) is 18.2 Å². The average molecular weight is 369 g/mol. The number of anilines is 1. The number of carbonyl (C=O) groups excluding carboxylic acids is 2. The minimum Gasteiger partial charge on any atom is -0.465 e. The first kappa shape index (κ1) is 17.6. The Morgan fingerprint density at radius 1 is 1.27 bits per heavy atom. The van der Waals surface area contributed by atoms with E-state index in [0.29, 0.717) is 16.4 Å². The maximum absolute atomic E-state index is 12.2. The minimum atomic E-state index is -0.458. The number of esters is 1. The number of thioether (sulfide) groups is 1. The molecule has 9 heteroatoms. The number of pyridine rings is 1. The maximum Gasteiger partial charge on any atom is 0.337 e. The lowest BCUT2D eigenvalue weighted by Gasteiger charge is -2.07. The van der Waals surface area contributed by atoms with Crippen molar-refractivity contribution < 1.29 is 14.3 Å². The molecule has 0 radical (unpaired) electrons. The van der Waals surface area contributed by atoms with Crippen LogP contribution in [0.2, 0.25) is 0 Å². The Morgan fingerprint density at radius 2 is 2.15 bits per heavy atom. The zero-order valence-electron chi connectivity index (χ0n) is 13.8. The molecule has 3 aromatic rings. The number of hydrogen-bond acceptors (Lipinski definition) is 7. The highest BCUT2D eigenvalue weighted by Crippen LogP contribution is 2.19. The predicted molar refractivity (Wildman–Crippen MR) is 96.3 cm³/mol. The number of methoxy groups -OCH3 is 1. The van der Waals surface area contributed by atoms with Crippen molar-refractivity contribution in [3.8, 4) is 5.69 Å². The van der Waals surface area contributed by atoms with E-state index in [0.717, 1.165) is 5.69 Å².